The van der Waals surface area contributed by atoms with Crippen LogP contribution >= 0.6 is 15.9 Å². The lowest BCUT2D eigenvalue weighted by atomic mass is 10.0. The van der Waals surface area contributed by atoms with Crippen molar-refractivity contribution in [2.75, 3.05) is 7.11 Å². The number of hydrogen-bond acceptors (Lipinski definition) is 4. The van der Waals surface area contributed by atoms with Crippen LogP contribution in [0.1, 0.15) is 17.2 Å². The average Bonchev–Trinajstić information content (AvgIpc) is 2.46. The van der Waals surface area contributed by atoms with Gasteiger partial charge in [0.15, 0.2) is 0 Å². The van der Waals surface area contributed by atoms with Crippen molar-refractivity contribution in [1.82, 2.24) is 10.4 Å². The van der Waals surface area contributed by atoms with Crippen LogP contribution in [0.15, 0.2) is 41.0 Å². The van der Waals surface area contributed by atoms with Gasteiger partial charge in [0.05, 0.1) is 13.2 Å². The molecule has 0 amide bonds. The third kappa shape index (κ3) is 3.33. The second-order valence-corrected chi connectivity index (χ2v) is 5.12. The predicted molar refractivity (Wildman–Crippen MR) is 78.7 cm³/mol. The highest BCUT2D eigenvalue weighted by Gasteiger charge is 2.17. The third-order valence-electron chi connectivity index (χ3n) is 3.01. The van der Waals surface area contributed by atoms with Gasteiger partial charge in [0, 0.05) is 16.2 Å². The third-order valence-corrected chi connectivity index (χ3v) is 3.75. The van der Waals surface area contributed by atoms with Crippen molar-refractivity contribution in [3.63, 3.8) is 0 Å². The van der Waals surface area contributed by atoms with E-state index in [2.05, 4.69) is 26.3 Å². The summed E-state index contributed by atoms with van der Waals surface area (Å²) < 4.78 is 19.1. The van der Waals surface area contributed by atoms with Crippen LogP contribution in [0.2, 0.25) is 0 Å². The van der Waals surface area contributed by atoms with Crippen molar-refractivity contribution in [2.24, 2.45) is 5.84 Å². The van der Waals surface area contributed by atoms with E-state index in [4.69, 9.17) is 10.6 Å². The van der Waals surface area contributed by atoms with Gasteiger partial charge >= 0.3 is 0 Å². The first-order chi connectivity index (χ1) is 9.65. The lowest BCUT2D eigenvalue weighted by Gasteiger charge is -2.19. The van der Waals surface area contributed by atoms with Gasteiger partial charge in [0.25, 0.3) is 0 Å². The molecule has 0 saturated carbocycles. The van der Waals surface area contributed by atoms with Gasteiger partial charge in [-0.15, -0.1) is 0 Å². The van der Waals surface area contributed by atoms with E-state index in [1.54, 1.807) is 19.4 Å². The fraction of sp³-hybridized carbons (Fsp3) is 0.214. The average molecular weight is 340 g/mol. The summed E-state index contributed by atoms with van der Waals surface area (Å²) in [5.41, 5.74) is 4.55. The molecule has 2 rings (SSSR count). The van der Waals surface area contributed by atoms with Gasteiger partial charge in [-0.1, -0.05) is 28.1 Å². The zero-order valence-electron chi connectivity index (χ0n) is 10.9. The van der Waals surface area contributed by atoms with E-state index in [1.165, 1.54) is 12.1 Å². The number of benzene rings is 1. The molecule has 4 nitrogen and oxygen atoms in total. The molecule has 1 atom stereocenters. The van der Waals surface area contributed by atoms with Crippen molar-refractivity contribution in [3.8, 4) is 5.88 Å². The summed E-state index contributed by atoms with van der Waals surface area (Å²) in [4.78, 5) is 4.15. The molecule has 1 unspecified atom stereocenters. The number of hydrogen-bond donors (Lipinski definition) is 2. The molecule has 0 aliphatic rings. The first-order valence-corrected chi connectivity index (χ1v) is 6.84. The van der Waals surface area contributed by atoms with E-state index >= 15 is 0 Å². The molecule has 0 saturated heterocycles. The quantitative estimate of drug-likeness (QED) is 0.649. The number of aromatic nitrogens is 1. The van der Waals surface area contributed by atoms with Crippen molar-refractivity contribution in [2.45, 2.75) is 12.5 Å². The van der Waals surface area contributed by atoms with Crippen molar-refractivity contribution in [3.05, 3.63) is 57.9 Å². The minimum absolute atomic E-state index is 0.180. The van der Waals surface area contributed by atoms with Gasteiger partial charge < -0.3 is 4.74 Å². The minimum atomic E-state index is -0.281. The number of rotatable bonds is 5. The normalized spacial score (nSPS) is 12.2. The Hall–Kier alpha value is -1.50. The van der Waals surface area contributed by atoms with E-state index in [-0.39, 0.29) is 11.9 Å². The Labute approximate surface area is 125 Å². The van der Waals surface area contributed by atoms with Crippen LogP contribution < -0.4 is 16.0 Å². The molecule has 0 aliphatic carbocycles. The van der Waals surface area contributed by atoms with Gasteiger partial charge in [0.2, 0.25) is 5.88 Å². The maximum atomic E-state index is 13.1. The predicted octanol–water partition coefficient (Wildman–Crippen LogP) is 2.74. The molecule has 2 aromatic rings. The maximum Gasteiger partial charge on any atom is 0.217 e. The first-order valence-electron chi connectivity index (χ1n) is 6.04. The number of nitrogens with one attached hydrogen (secondary N) is 1. The lowest BCUT2D eigenvalue weighted by Crippen LogP contribution is -2.30. The Morgan fingerprint density at radius 1 is 1.45 bits per heavy atom. The van der Waals surface area contributed by atoms with Crippen LogP contribution in [-0.4, -0.2) is 12.1 Å². The van der Waals surface area contributed by atoms with Crippen LogP contribution in [0.3, 0.4) is 0 Å². The van der Waals surface area contributed by atoms with Gasteiger partial charge in [-0.2, -0.15) is 0 Å². The van der Waals surface area contributed by atoms with Crippen molar-refractivity contribution in [1.29, 1.82) is 0 Å². The van der Waals surface area contributed by atoms with E-state index in [9.17, 15) is 4.39 Å². The molecule has 1 heterocycles. The van der Waals surface area contributed by atoms with Gasteiger partial charge in [-0.3, -0.25) is 11.3 Å². The van der Waals surface area contributed by atoms with E-state index in [0.717, 1.165) is 11.1 Å². The summed E-state index contributed by atoms with van der Waals surface area (Å²) in [5.74, 6) is 5.87. The largest absolute Gasteiger partial charge is 0.481 e. The minimum Gasteiger partial charge on any atom is -0.481 e. The second kappa shape index (κ2) is 6.78. The van der Waals surface area contributed by atoms with Crippen LogP contribution in [-0.2, 0) is 6.42 Å². The molecular weight excluding hydrogens is 325 g/mol. The molecule has 0 aliphatic heterocycles. The van der Waals surface area contributed by atoms with Gasteiger partial charge in [0.1, 0.15) is 5.82 Å². The summed E-state index contributed by atoms with van der Waals surface area (Å²) in [6.07, 6.45) is 2.24. The number of nitrogens with two attached hydrogens (primary N) is 1. The van der Waals surface area contributed by atoms with Crippen LogP contribution in [0.4, 0.5) is 4.39 Å². The SMILES string of the molecule is COc1ncccc1C(Cc1ccc(F)cc1Br)NN. The fourth-order valence-electron chi connectivity index (χ4n) is 2.00. The number of methoxy groups -OCH3 is 1. The highest BCUT2D eigenvalue weighted by Crippen LogP contribution is 2.28. The topological polar surface area (TPSA) is 60.2 Å². The lowest BCUT2D eigenvalue weighted by molar-refractivity contribution is 0.382. The highest BCUT2D eigenvalue weighted by atomic mass is 79.9. The number of pyridine rings is 1. The molecule has 106 valence electrons. The number of halogens is 2. The Morgan fingerprint density at radius 3 is 2.90 bits per heavy atom. The molecular formula is C14H15BrFN3O. The molecule has 1 aromatic carbocycles. The summed E-state index contributed by atoms with van der Waals surface area (Å²) in [5, 5.41) is 0. The molecule has 0 radical (unpaired) electrons. The molecule has 6 heteroatoms. The number of nitrogens with zero attached hydrogens (tertiary/aromatic N) is 1. The standard InChI is InChI=1S/C14H15BrFN3O/c1-20-14-11(3-2-6-18-14)13(19-17)7-9-4-5-10(16)8-12(9)15/h2-6,8,13,19H,7,17H2,1H3. The first kappa shape index (κ1) is 14.9. The summed E-state index contributed by atoms with van der Waals surface area (Å²) >= 11 is 3.36. The molecule has 1 aromatic heterocycles. The van der Waals surface area contributed by atoms with Gasteiger partial charge in [-0.05, 0) is 30.2 Å². The molecule has 0 bridgehead atoms. The van der Waals surface area contributed by atoms with E-state index in [1.807, 2.05) is 12.1 Å². The van der Waals surface area contributed by atoms with E-state index in [0.29, 0.717) is 16.8 Å². The van der Waals surface area contributed by atoms with Gasteiger partial charge in [-0.25, -0.2) is 9.37 Å². The fourth-order valence-corrected chi connectivity index (χ4v) is 2.52. The second-order valence-electron chi connectivity index (χ2n) is 4.26. The zero-order valence-corrected chi connectivity index (χ0v) is 12.5. The van der Waals surface area contributed by atoms with Crippen LogP contribution in [0.5, 0.6) is 5.88 Å². The van der Waals surface area contributed by atoms with Crippen molar-refractivity contribution < 1.29 is 9.13 Å². The maximum absolute atomic E-state index is 13.1. The molecule has 3 N–H and O–H groups in total. The number of ether oxygens (including phenoxy) is 1. The highest BCUT2D eigenvalue weighted by molar-refractivity contribution is 9.10. The van der Waals surface area contributed by atoms with Crippen molar-refractivity contribution >= 4 is 15.9 Å². The number of hydrazine groups is 1. The molecule has 20 heavy (non-hydrogen) atoms. The Kier molecular flexibility index (Phi) is 5.05. The molecule has 0 fully saturated rings. The Bertz CT molecular complexity index is 594. The Balaban J connectivity index is 2.29. The summed E-state index contributed by atoms with van der Waals surface area (Å²) in [7, 11) is 1.56. The zero-order chi connectivity index (χ0) is 14.5. The molecule has 0 spiro atoms. The summed E-state index contributed by atoms with van der Waals surface area (Å²) in [6.45, 7) is 0. The van der Waals surface area contributed by atoms with Crippen LogP contribution in [0.25, 0.3) is 0 Å². The van der Waals surface area contributed by atoms with E-state index < -0.39 is 0 Å². The summed E-state index contributed by atoms with van der Waals surface area (Å²) in [6, 6.07) is 8.13. The smallest absolute Gasteiger partial charge is 0.217 e. The Morgan fingerprint density at radius 2 is 2.25 bits per heavy atom. The monoisotopic (exact) mass is 339 g/mol. The van der Waals surface area contributed by atoms with Crippen LogP contribution in [0, 0.1) is 5.82 Å².